The van der Waals surface area contributed by atoms with Crippen LogP contribution in [0.1, 0.15) is 28.3 Å². The van der Waals surface area contributed by atoms with Gasteiger partial charge < -0.3 is 5.73 Å². The number of aryl methyl sites for hydroxylation is 2. The summed E-state index contributed by atoms with van der Waals surface area (Å²) in [5.74, 6) is 0. The molecule has 0 fully saturated rings. The van der Waals surface area contributed by atoms with Gasteiger partial charge in [0, 0.05) is 0 Å². The lowest BCUT2D eigenvalue weighted by Crippen LogP contribution is -2.11. The minimum absolute atomic E-state index is 0.00151. The summed E-state index contributed by atoms with van der Waals surface area (Å²) in [7, 11) is 0. The maximum absolute atomic E-state index is 6.27. The number of rotatable bonds is 2. The lowest BCUT2D eigenvalue weighted by molar-refractivity contribution is 0.872. The molecule has 2 rings (SSSR count). The zero-order chi connectivity index (χ0) is 11.7. The van der Waals surface area contributed by atoms with E-state index in [9.17, 15) is 0 Å². The normalized spacial score (nSPS) is 12.8. The summed E-state index contributed by atoms with van der Waals surface area (Å²) in [6.45, 7) is 4.22. The summed E-state index contributed by atoms with van der Waals surface area (Å²) in [6.07, 6.45) is 0. The maximum atomic E-state index is 6.27. The third-order valence-electron chi connectivity index (χ3n) is 2.55. The van der Waals surface area contributed by atoms with Gasteiger partial charge in [-0.05, 0) is 59.0 Å². The molecule has 0 saturated heterocycles. The van der Waals surface area contributed by atoms with Crippen molar-refractivity contribution in [1.82, 2.24) is 0 Å². The molecule has 0 spiro atoms. The van der Waals surface area contributed by atoms with Crippen LogP contribution in [0, 0.1) is 16.7 Å². The Kier molecular flexibility index (Phi) is 3.66. The first-order valence-corrected chi connectivity index (χ1v) is 7.10. The second-order valence-corrected chi connectivity index (χ2v) is 6.89. The fourth-order valence-electron chi connectivity index (χ4n) is 1.87. The number of halogens is 1. The van der Waals surface area contributed by atoms with Crippen LogP contribution >= 0.6 is 33.9 Å². The van der Waals surface area contributed by atoms with Crippen molar-refractivity contribution in [2.75, 3.05) is 0 Å². The molecule has 0 aliphatic rings. The Morgan fingerprint density at radius 1 is 1.06 bits per heavy atom. The summed E-state index contributed by atoms with van der Waals surface area (Å²) < 4.78 is 1.28. The van der Waals surface area contributed by atoms with E-state index in [1.165, 1.54) is 25.1 Å². The Morgan fingerprint density at radius 2 is 1.69 bits per heavy atom. The second-order valence-electron chi connectivity index (χ2n) is 4.08. The Hall–Kier alpha value is -0.390. The van der Waals surface area contributed by atoms with Crippen molar-refractivity contribution in [3.63, 3.8) is 0 Å². The minimum atomic E-state index is -0.00151. The highest BCUT2D eigenvalue weighted by molar-refractivity contribution is 14.1. The zero-order valence-electron chi connectivity index (χ0n) is 9.33. The largest absolute Gasteiger partial charge is 0.320 e. The summed E-state index contributed by atoms with van der Waals surface area (Å²) in [5.41, 5.74) is 11.2. The molecule has 1 unspecified atom stereocenters. The van der Waals surface area contributed by atoms with E-state index in [1.807, 2.05) is 0 Å². The third-order valence-corrected chi connectivity index (χ3v) is 4.36. The molecule has 0 aliphatic heterocycles. The number of thiophene rings is 1. The quantitative estimate of drug-likeness (QED) is 0.819. The second kappa shape index (κ2) is 4.85. The van der Waals surface area contributed by atoms with Gasteiger partial charge in [0.25, 0.3) is 0 Å². The first-order chi connectivity index (χ1) is 7.56. The van der Waals surface area contributed by atoms with E-state index in [0.717, 1.165) is 0 Å². The summed E-state index contributed by atoms with van der Waals surface area (Å²) in [4.78, 5) is 0. The average molecular weight is 343 g/mol. The van der Waals surface area contributed by atoms with Crippen LogP contribution in [-0.4, -0.2) is 0 Å². The monoisotopic (exact) mass is 343 g/mol. The van der Waals surface area contributed by atoms with Gasteiger partial charge in [-0.2, -0.15) is 0 Å². The number of nitrogens with two attached hydrogens (primary N) is 1. The number of hydrogen-bond acceptors (Lipinski definition) is 2. The average Bonchev–Trinajstić information content (AvgIpc) is 2.62. The molecule has 3 heteroatoms. The van der Waals surface area contributed by atoms with Crippen LogP contribution in [0.25, 0.3) is 0 Å². The standard InChI is InChI=1S/C13H14INS/c1-8-3-9(2)5-10(4-8)13(15)11-6-12(14)16-7-11/h3-7,13H,15H2,1-2H3. The summed E-state index contributed by atoms with van der Waals surface area (Å²) >= 11 is 4.07. The van der Waals surface area contributed by atoms with Crippen molar-refractivity contribution < 1.29 is 0 Å². The molecule has 0 bridgehead atoms. The minimum Gasteiger partial charge on any atom is -0.320 e. The van der Waals surface area contributed by atoms with Crippen molar-refractivity contribution in [1.29, 1.82) is 0 Å². The van der Waals surface area contributed by atoms with Crippen LogP contribution in [0.3, 0.4) is 0 Å². The fraction of sp³-hybridized carbons (Fsp3) is 0.231. The molecule has 1 aromatic carbocycles. The highest BCUT2D eigenvalue weighted by Crippen LogP contribution is 2.26. The van der Waals surface area contributed by atoms with Gasteiger partial charge >= 0.3 is 0 Å². The zero-order valence-corrected chi connectivity index (χ0v) is 12.3. The van der Waals surface area contributed by atoms with Gasteiger partial charge in [0.05, 0.1) is 8.93 Å². The van der Waals surface area contributed by atoms with Crippen molar-refractivity contribution in [2.45, 2.75) is 19.9 Å². The fourth-order valence-corrected chi connectivity index (χ4v) is 3.28. The van der Waals surface area contributed by atoms with Gasteiger partial charge in [0.15, 0.2) is 0 Å². The molecule has 2 aromatic rings. The molecule has 1 heterocycles. The molecule has 0 amide bonds. The van der Waals surface area contributed by atoms with Crippen LogP contribution in [0.5, 0.6) is 0 Å². The Labute approximate surface area is 114 Å². The maximum Gasteiger partial charge on any atom is 0.0656 e. The van der Waals surface area contributed by atoms with Gasteiger partial charge in [-0.1, -0.05) is 29.3 Å². The van der Waals surface area contributed by atoms with Crippen molar-refractivity contribution >= 4 is 33.9 Å². The molecular formula is C13H14INS. The molecule has 0 radical (unpaired) electrons. The van der Waals surface area contributed by atoms with Gasteiger partial charge in [-0.25, -0.2) is 0 Å². The van der Waals surface area contributed by atoms with E-state index >= 15 is 0 Å². The van der Waals surface area contributed by atoms with Gasteiger partial charge in [-0.15, -0.1) is 11.3 Å². The topological polar surface area (TPSA) is 26.0 Å². The van der Waals surface area contributed by atoms with E-state index in [2.05, 4.69) is 66.1 Å². The van der Waals surface area contributed by atoms with Crippen molar-refractivity contribution in [3.8, 4) is 0 Å². The smallest absolute Gasteiger partial charge is 0.0656 e. The Balaban J connectivity index is 2.37. The van der Waals surface area contributed by atoms with Crippen molar-refractivity contribution in [2.24, 2.45) is 5.73 Å². The SMILES string of the molecule is Cc1cc(C)cc(C(N)c2csc(I)c2)c1. The van der Waals surface area contributed by atoms with Gasteiger partial charge in [0.2, 0.25) is 0 Å². The summed E-state index contributed by atoms with van der Waals surface area (Å²) in [6, 6.07) is 8.67. The van der Waals surface area contributed by atoms with Crippen molar-refractivity contribution in [3.05, 3.63) is 54.8 Å². The predicted octanol–water partition coefficient (Wildman–Crippen LogP) is 4.02. The Bertz CT molecular complexity index is 484. The van der Waals surface area contributed by atoms with E-state index in [4.69, 9.17) is 5.73 Å². The van der Waals surface area contributed by atoms with E-state index in [-0.39, 0.29) is 6.04 Å². The lowest BCUT2D eigenvalue weighted by Gasteiger charge is -2.12. The first-order valence-electron chi connectivity index (χ1n) is 5.14. The summed E-state index contributed by atoms with van der Waals surface area (Å²) in [5, 5.41) is 2.14. The third kappa shape index (κ3) is 2.64. The number of hydrogen-bond donors (Lipinski definition) is 1. The highest BCUT2D eigenvalue weighted by atomic mass is 127. The number of benzene rings is 1. The molecule has 16 heavy (non-hydrogen) atoms. The van der Waals surface area contributed by atoms with Gasteiger partial charge in [-0.3, -0.25) is 0 Å². The lowest BCUT2D eigenvalue weighted by atomic mass is 9.98. The Morgan fingerprint density at radius 3 is 2.19 bits per heavy atom. The van der Waals surface area contributed by atoms with E-state index in [0.29, 0.717) is 0 Å². The van der Waals surface area contributed by atoms with Gasteiger partial charge in [0.1, 0.15) is 0 Å². The highest BCUT2D eigenvalue weighted by Gasteiger charge is 2.11. The molecule has 0 aliphatic carbocycles. The molecule has 2 N–H and O–H groups in total. The van der Waals surface area contributed by atoms with Crippen LogP contribution < -0.4 is 5.73 Å². The van der Waals surface area contributed by atoms with Crippen LogP contribution in [-0.2, 0) is 0 Å². The molecule has 0 saturated carbocycles. The van der Waals surface area contributed by atoms with Crippen LogP contribution in [0.2, 0.25) is 0 Å². The predicted molar refractivity (Wildman–Crippen MR) is 79.0 cm³/mol. The van der Waals surface area contributed by atoms with E-state index < -0.39 is 0 Å². The van der Waals surface area contributed by atoms with Crippen LogP contribution in [0.4, 0.5) is 0 Å². The molecule has 84 valence electrons. The first kappa shape index (κ1) is 12.1. The molecule has 1 aromatic heterocycles. The van der Waals surface area contributed by atoms with E-state index in [1.54, 1.807) is 11.3 Å². The van der Waals surface area contributed by atoms with Crippen LogP contribution in [0.15, 0.2) is 29.6 Å². The molecular weight excluding hydrogens is 329 g/mol. The molecule has 1 atom stereocenters. The molecule has 1 nitrogen and oxygen atoms in total.